The quantitative estimate of drug-likeness (QED) is 0.608. The lowest BCUT2D eigenvalue weighted by atomic mass is 9.83. The van der Waals surface area contributed by atoms with Gasteiger partial charge >= 0.3 is 5.97 Å². The van der Waals surface area contributed by atoms with Crippen LogP contribution in [0.5, 0.6) is 0 Å². The van der Waals surface area contributed by atoms with Crippen LogP contribution in [0.25, 0.3) is 0 Å². The highest BCUT2D eigenvalue weighted by molar-refractivity contribution is 5.84. The molecule has 1 aliphatic carbocycles. The fourth-order valence-corrected chi connectivity index (χ4v) is 1.58. The van der Waals surface area contributed by atoms with Crippen LogP contribution in [-0.4, -0.2) is 34.2 Å². The minimum Gasteiger partial charge on any atom is -0.480 e. The van der Waals surface area contributed by atoms with E-state index in [0.29, 0.717) is 12.3 Å². The molecule has 0 radical (unpaired) electrons. The molecule has 0 aromatic carbocycles. The molecule has 1 amide bonds. The van der Waals surface area contributed by atoms with Crippen LogP contribution in [-0.2, 0) is 9.59 Å². The maximum absolute atomic E-state index is 11.4. The van der Waals surface area contributed by atoms with Crippen molar-refractivity contribution in [2.45, 2.75) is 44.8 Å². The van der Waals surface area contributed by atoms with Gasteiger partial charge < -0.3 is 15.5 Å². The Morgan fingerprint density at radius 3 is 2.40 bits per heavy atom. The SMILES string of the molecule is CC(O)C(NC(=O)CC1CCC1)C(=O)O. The topological polar surface area (TPSA) is 86.6 Å². The summed E-state index contributed by atoms with van der Waals surface area (Å²) in [5.41, 5.74) is 0. The Morgan fingerprint density at radius 2 is 2.07 bits per heavy atom. The van der Waals surface area contributed by atoms with E-state index >= 15 is 0 Å². The summed E-state index contributed by atoms with van der Waals surface area (Å²) in [6.07, 6.45) is 2.53. The highest BCUT2D eigenvalue weighted by atomic mass is 16.4. The summed E-state index contributed by atoms with van der Waals surface area (Å²) in [4.78, 5) is 22.1. The van der Waals surface area contributed by atoms with Gasteiger partial charge in [-0.05, 0) is 25.7 Å². The van der Waals surface area contributed by atoms with Crippen LogP contribution in [0.3, 0.4) is 0 Å². The summed E-state index contributed by atoms with van der Waals surface area (Å²) in [6.45, 7) is 1.35. The average Bonchev–Trinajstić information content (AvgIpc) is 2.06. The van der Waals surface area contributed by atoms with Gasteiger partial charge in [-0.2, -0.15) is 0 Å². The number of carboxylic acids is 1. The van der Waals surface area contributed by atoms with Crippen molar-refractivity contribution in [2.75, 3.05) is 0 Å². The molecule has 2 unspecified atom stereocenters. The molecule has 5 heteroatoms. The minimum atomic E-state index is -1.20. The molecule has 0 aliphatic heterocycles. The Balaban J connectivity index is 2.36. The van der Waals surface area contributed by atoms with Gasteiger partial charge in [-0.1, -0.05) is 6.42 Å². The summed E-state index contributed by atoms with van der Waals surface area (Å²) in [7, 11) is 0. The first-order chi connectivity index (χ1) is 7.00. The van der Waals surface area contributed by atoms with E-state index in [-0.39, 0.29) is 5.91 Å². The standard InChI is InChI=1S/C10H17NO4/c1-6(12)9(10(14)15)11-8(13)5-7-3-2-4-7/h6-7,9,12H,2-5H2,1H3,(H,11,13)(H,14,15). The fraction of sp³-hybridized carbons (Fsp3) is 0.800. The van der Waals surface area contributed by atoms with Crippen molar-refractivity contribution in [1.29, 1.82) is 0 Å². The van der Waals surface area contributed by atoms with Crippen LogP contribution in [0, 0.1) is 5.92 Å². The zero-order valence-electron chi connectivity index (χ0n) is 8.77. The molecule has 0 aromatic rings. The predicted octanol–water partition coefficient (Wildman–Crippen LogP) is 0.127. The molecule has 86 valence electrons. The summed E-state index contributed by atoms with van der Waals surface area (Å²) < 4.78 is 0. The van der Waals surface area contributed by atoms with Crippen molar-refractivity contribution in [1.82, 2.24) is 5.32 Å². The number of nitrogens with one attached hydrogen (secondary N) is 1. The number of amides is 1. The average molecular weight is 215 g/mol. The van der Waals surface area contributed by atoms with Gasteiger partial charge in [0.15, 0.2) is 6.04 Å². The third-order valence-electron chi connectivity index (χ3n) is 2.76. The Morgan fingerprint density at radius 1 is 1.47 bits per heavy atom. The van der Waals surface area contributed by atoms with Gasteiger partial charge in [0, 0.05) is 6.42 Å². The molecule has 15 heavy (non-hydrogen) atoms. The monoisotopic (exact) mass is 215 g/mol. The van der Waals surface area contributed by atoms with Crippen LogP contribution in [0.4, 0.5) is 0 Å². The summed E-state index contributed by atoms with van der Waals surface area (Å²) in [5, 5.41) is 20.2. The largest absolute Gasteiger partial charge is 0.480 e. The van der Waals surface area contributed by atoms with E-state index in [1.54, 1.807) is 0 Å². The lowest BCUT2D eigenvalue weighted by Gasteiger charge is -2.25. The molecular formula is C10H17NO4. The van der Waals surface area contributed by atoms with Gasteiger partial charge in [0.1, 0.15) is 0 Å². The van der Waals surface area contributed by atoms with Crippen molar-refractivity contribution < 1.29 is 19.8 Å². The molecule has 0 heterocycles. The lowest BCUT2D eigenvalue weighted by Crippen LogP contribution is -2.48. The first kappa shape index (κ1) is 12.0. The molecule has 3 N–H and O–H groups in total. The van der Waals surface area contributed by atoms with Crippen LogP contribution >= 0.6 is 0 Å². The predicted molar refractivity (Wildman–Crippen MR) is 53.2 cm³/mol. The first-order valence-electron chi connectivity index (χ1n) is 5.21. The van der Waals surface area contributed by atoms with E-state index in [1.807, 2.05) is 0 Å². The molecule has 1 fully saturated rings. The number of carboxylic acid groups (broad SMARTS) is 1. The molecule has 1 rings (SSSR count). The van der Waals surface area contributed by atoms with Crippen molar-refractivity contribution in [2.24, 2.45) is 5.92 Å². The van der Waals surface area contributed by atoms with E-state index < -0.39 is 18.1 Å². The second-order valence-corrected chi connectivity index (χ2v) is 4.13. The summed E-state index contributed by atoms with van der Waals surface area (Å²) in [6, 6.07) is -1.20. The molecule has 2 atom stereocenters. The third-order valence-corrected chi connectivity index (χ3v) is 2.76. The highest BCUT2D eigenvalue weighted by Gasteiger charge is 2.27. The molecule has 0 bridgehead atoms. The summed E-state index contributed by atoms with van der Waals surface area (Å²) >= 11 is 0. The van der Waals surface area contributed by atoms with Gasteiger partial charge in [0.2, 0.25) is 5.91 Å². The number of carbonyl (C=O) groups is 2. The van der Waals surface area contributed by atoms with E-state index in [2.05, 4.69) is 5.32 Å². The molecular weight excluding hydrogens is 198 g/mol. The van der Waals surface area contributed by atoms with Crippen LogP contribution < -0.4 is 5.32 Å². The number of hydrogen-bond donors (Lipinski definition) is 3. The van der Waals surface area contributed by atoms with Crippen LogP contribution in [0.2, 0.25) is 0 Å². The zero-order chi connectivity index (χ0) is 11.4. The summed E-state index contributed by atoms with van der Waals surface area (Å²) in [5.74, 6) is -1.09. The van der Waals surface area contributed by atoms with Gasteiger partial charge in [-0.15, -0.1) is 0 Å². The molecule has 1 aliphatic rings. The first-order valence-corrected chi connectivity index (χ1v) is 5.21. The van der Waals surface area contributed by atoms with E-state index in [0.717, 1.165) is 19.3 Å². The second-order valence-electron chi connectivity index (χ2n) is 4.13. The van der Waals surface area contributed by atoms with Crippen LogP contribution in [0.1, 0.15) is 32.6 Å². The lowest BCUT2D eigenvalue weighted by molar-refractivity contribution is -0.145. The molecule has 0 saturated heterocycles. The Hall–Kier alpha value is -1.10. The zero-order valence-corrected chi connectivity index (χ0v) is 8.77. The van der Waals surface area contributed by atoms with E-state index in [4.69, 9.17) is 10.2 Å². The normalized spacial score (nSPS) is 20.1. The molecule has 5 nitrogen and oxygen atoms in total. The van der Waals surface area contributed by atoms with E-state index in [1.165, 1.54) is 6.92 Å². The number of rotatable bonds is 5. The maximum atomic E-state index is 11.4. The fourth-order valence-electron chi connectivity index (χ4n) is 1.58. The third kappa shape index (κ3) is 3.51. The molecule has 0 aromatic heterocycles. The Bertz CT molecular complexity index is 248. The highest BCUT2D eigenvalue weighted by Crippen LogP contribution is 2.29. The number of hydrogen-bond acceptors (Lipinski definition) is 3. The number of aliphatic hydroxyl groups excluding tert-OH is 1. The van der Waals surface area contributed by atoms with Crippen molar-refractivity contribution in [3.8, 4) is 0 Å². The maximum Gasteiger partial charge on any atom is 0.328 e. The van der Waals surface area contributed by atoms with Gasteiger partial charge in [0.25, 0.3) is 0 Å². The second kappa shape index (κ2) is 5.11. The number of aliphatic hydroxyl groups is 1. The van der Waals surface area contributed by atoms with Crippen molar-refractivity contribution >= 4 is 11.9 Å². The minimum absolute atomic E-state index is 0.284. The number of aliphatic carboxylic acids is 1. The van der Waals surface area contributed by atoms with E-state index in [9.17, 15) is 9.59 Å². The molecule has 1 saturated carbocycles. The van der Waals surface area contributed by atoms with Crippen molar-refractivity contribution in [3.63, 3.8) is 0 Å². The smallest absolute Gasteiger partial charge is 0.328 e. The van der Waals surface area contributed by atoms with Gasteiger partial charge in [0.05, 0.1) is 6.10 Å². The van der Waals surface area contributed by atoms with Crippen LogP contribution in [0.15, 0.2) is 0 Å². The number of carbonyl (C=O) groups excluding carboxylic acids is 1. The molecule has 0 spiro atoms. The van der Waals surface area contributed by atoms with Gasteiger partial charge in [-0.3, -0.25) is 4.79 Å². The Kier molecular flexibility index (Phi) is 4.08. The van der Waals surface area contributed by atoms with Gasteiger partial charge in [-0.25, -0.2) is 4.79 Å². The Labute approximate surface area is 88.5 Å². The van der Waals surface area contributed by atoms with Crippen molar-refractivity contribution in [3.05, 3.63) is 0 Å².